The Balaban J connectivity index is 2.06. The zero-order valence-corrected chi connectivity index (χ0v) is 12.7. The molecule has 0 saturated heterocycles. The first kappa shape index (κ1) is 15.6. The number of carboxylic acid groups (broad SMARTS) is 2. The third-order valence-corrected chi connectivity index (χ3v) is 3.75. The fourth-order valence-electron chi connectivity index (χ4n) is 2.70. The number of fused-ring (bicyclic) bond motifs is 1. The Morgan fingerprint density at radius 2 is 1.75 bits per heavy atom. The van der Waals surface area contributed by atoms with Crippen LogP contribution in [0.4, 0.5) is 4.79 Å². The van der Waals surface area contributed by atoms with E-state index in [1.165, 1.54) is 0 Å². The SMILES string of the molecule is O=C(O)CCc1c(OC(=O)O)[nH]c2cc(-c3ccccc3)ccc12. The van der Waals surface area contributed by atoms with Gasteiger partial charge in [0.1, 0.15) is 0 Å². The monoisotopic (exact) mass is 325 g/mol. The summed E-state index contributed by atoms with van der Waals surface area (Å²) in [5.74, 6) is -0.879. The Bertz CT molecular complexity index is 898. The quantitative estimate of drug-likeness (QED) is 0.618. The molecule has 2 aromatic carbocycles. The van der Waals surface area contributed by atoms with E-state index in [9.17, 15) is 9.59 Å². The van der Waals surface area contributed by atoms with Gasteiger partial charge in [0.05, 0.1) is 0 Å². The van der Waals surface area contributed by atoms with Crippen LogP contribution in [0.5, 0.6) is 5.88 Å². The number of nitrogens with one attached hydrogen (secondary N) is 1. The highest BCUT2D eigenvalue weighted by atomic mass is 16.7. The molecular formula is C18H15NO5. The molecule has 1 heterocycles. The van der Waals surface area contributed by atoms with E-state index in [1.807, 2.05) is 48.5 Å². The van der Waals surface area contributed by atoms with Gasteiger partial charge in [0, 0.05) is 22.9 Å². The van der Waals surface area contributed by atoms with Crippen molar-refractivity contribution in [3.05, 3.63) is 54.1 Å². The van der Waals surface area contributed by atoms with Crippen LogP contribution in [0.1, 0.15) is 12.0 Å². The van der Waals surface area contributed by atoms with Crippen LogP contribution in [0.3, 0.4) is 0 Å². The zero-order chi connectivity index (χ0) is 17.1. The van der Waals surface area contributed by atoms with E-state index in [4.69, 9.17) is 14.9 Å². The molecule has 0 saturated carbocycles. The molecule has 3 rings (SSSR count). The number of ether oxygens (including phenoxy) is 1. The lowest BCUT2D eigenvalue weighted by molar-refractivity contribution is -0.136. The second kappa shape index (κ2) is 6.45. The molecule has 3 N–H and O–H groups in total. The molecule has 0 unspecified atom stereocenters. The van der Waals surface area contributed by atoms with Crippen LogP contribution in [0.25, 0.3) is 22.0 Å². The van der Waals surface area contributed by atoms with Gasteiger partial charge in [-0.2, -0.15) is 0 Å². The molecule has 1 aromatic heterocycles. The van der Waals surface area contributed by atoms with Gasteiger partial charge in [-0.25, -0.2) is 4.79 Å². The number of H-pyrrole nitrogens is 1. The van der Waals surface area contributed by atoms with Gasteiger partial charge in [-0.15, -0.1) is 0 Å². The minimum Gasteiger partial charge on any atom is -0.481 e. The van der Waals surface area contributed by atoms with Crippen molar-refractivity contribution in [1.29, 1.82) is 0 Å². The predicted molar refractivity (Wildman–Crippen MR) is 88.3 cm³/mol. The first-order valence-electron chi connectivity index (χ1n) is 7.37. The molecule has 0 aliphatic rings. The fourth-order valence-corrected chi connectivity index (χ4v) is 2.70. The van der Waals surface area contributed by atoms with Crippen LogP contribution in [0.15, 0.2) is 48.5 Å². The Morgan fingerprint density at radius 3 is 2.42 bits per heavy atom. The predicted octanol–water partition coefficient (Wildman–Crippen LogP) is 3.91. The van der Waals surface area contributed by atoms with Crippen molar-refractivity contribution < 1.29 is 24.5 Å². The van der Waals surface area contributed by atoms with Gasteiger partial charge in [0.15, 0.2) is 0 Å². The van der Waals surface area contributed by atoms with Gasteiger partial charge in [0.25, 0.3) is 0 Å². The highest BCUT2D eigenvalue weighted by Crippen LogP contribution is 2.32. The van der Waals surface area contributed by atoms with Crippen LogP contribution < -0.4 is 4.74 Å². The van der Waals surface area contributed by atoms with E-state index in [-0.39, 0.29) is 18.7 Å². The van der Waals surface area contributed by atoms with Gasteiger partial charge >= 0.3 is 12.1 Å². The van der Waals surface area contributed by atoms with Crippen molar-refractivity contribution in [2.45, 2.75) is 12.8 Å². The molecule has 0 bridgehead atoms. The molecule has 0 aliphatic heterocycles. The van der Waals surface area contributed by atoms with Crippen LogP contribution in [-0.4, -0.2) is 27.3 Å². The average molecular weight is 325 g/mol. The van der Waals surface area contributed by atoms with E-state index >= 15 is 0 Å². The topological polar surface area (TPSA) is 99.6 Å². The summed E-state index contributed by atoms with van der Waals surface area (Å²) < 4.78 is 4.78. The van der Waals surface area contributed by atoms with Gasteiger partial charge < -0.3 is 19.9 Å². The number of aromatic amines is 1. The number of aromatic nitrogens is 1. The summed E-state index contributed by atoms with van der Waals surface area (Å²) in [7, 11) is 0. The molecule has 0 spiro atoms. The fraction of sp³-hybridized carbons (Fsp3) is 0.111. The number of hydrogen-bond acceptors (Lipinski definition) is 3. The molecule has 0 atom stereocenters. The molecular weight excluding hydrogens is 310 g/mol. The maximum atomic E-state index is 10.9. The highest BCUT2D eigenvalue weighted by Gasteiger charge is 2.17. The molecule has 0 amide bonds. The molecule has 0 aliphatic carbocycles. The summed E-state index contributed by atoms with van der Waals surface area (Å²) in [5.41, 5.74) is 3.25. The third-order valence-electron chi connectivity index (χ3n) is 3.75. The maximum Gasteiger partial charge on any atom is 0.512 e. The summed E-state index contributed by atoms with van der Waals surface area (Å²) in [6, 6.07) is 15.4. The van der Waals surface area contributed by atoms with E-state index in [2.05, 4.69) is 4.98 Å². The Morgan fingerprint density at radius 1 is 1.00 bits per heavy atom. The standard InChI is InChI=1S/C18H15NO5/c20-16(21)9-8-14-13-7-6-12(11-4-2-1-3-5-11)10-15(13)19-17(14)24-18(22)23/h1-7,10,19H,8-9H2,(H,20,21)(H,22,23). The number of hydrogen-bond donors (Lipinski definition) is 3. The smallest absolute Gasteiger partial charge is 0.481 e. The molecule has 122 valence electrons. The summed E-state index contributed by atoms with van der Waals surface area (Å²) >= 11 is 0. The molecule has 24 heavy (non-hydrogen) atoms. The largest absolute Gasteiger partial charge is 0.512 e. The Hall–Kier alpha value is -3.28. The summed E-state index contributed by atoms with van der Waals surface area (Å²) in [4.78, 5) is 24.6. The first-order valence-corrected chi connectivity index (χ1v) is 7.37. The van der Waals surface area contributed by atoms with Crippen molar-refractivity contribution in [3.63, 3.8) is 0 Å². The number of carbonyl (C=O) groups is 2. The van der Waals surface area contributed by atoms with Gasteiger partial charge in [0.2, 0.25) is 5.88 Å². The second-order valence-electron chi connectivity index (χ2n) is 5.32. The highest BCUT2D eigenvalue weighted by molar-refractivity contribution is 5.90. The average Bonchev–Trinajstić information content (AvgIpc) is 2.89. The number of aryl methyl sites for hydroxylation is 1. The summed E-state index contributed by atoms with van der Waals surface area (Å²) in [6.07, 6.45) is -1.37. The lowest BCUT2D eigenvalue weighted by Gasteiger charge is -2.03. The van der Waals surface area contributed by atoms with E-state index in [0.717, 1.165) is 16.5 Å². The number of carboxylic acids is 1. The molecule has 0 radical (unpaired) electrons. The molecule has 6 heteroatoms. The van der Waals surface area contributed by atoms with Gasteiger partial charge in [-0.3, -0.25) is 4.79 Å². The third kappa shape index (κ3) is 3.22. The summed E-state index contributed by atoms with van der Waals surface area (Å²) in [6.45, 7) is 0. The van der Waals surface area contributed by atoms with E-state index in [0.29, 0.717) is 11.1 Å². The van der Waals surface area contributed by atoms with Crippen molar-refractivity contribution in [3.8, 4) is 17.0 Å². The molecule has 3 aromatic rings. The maximum absolute atomic E-state index is 10.9. The van der Waals surface area contributed by atoms with Crippen LogP contribution in [-0.2, 0) is 11.2 Å². The number of aliphatic carboxylic acids is 1. The van der Waals surface area contributed by atoms with Crippen LogP contribution in [0, 0.1) is 0 Å². The van der Waals surface area contributed by atoms with Crippen molar-refractivity contribution in [2.75, 3.05) is 0 Å². The van der Waals surface area contributed by atoms with E-state index in [1.54, 1.807) is 0 Å². The van der Waals surface area contributed by atoms with E-state index < -0.39 is 12.1 Å². The van der Waals surface area contributed by atoms with Crippen molar-refractivity contribution in [1.82, 2.24) is 4.98 Å². The van der Waals surface area contributed by atoms with Crippen LogP contribution >= 0.6 is 0 Å². The minimum absolute atomic E-state index is 0.0731. The Kier molecular flexibility index (Phi) is 4.20. The Labute approximate surface area is 137 Å². The van der Waals surface area contributed by atoms with Crippen molar-refractivity contribution >= 4 is 23.0 Å². The van der Waals surface area contributed by atoms with Crippen LogP contribution in [0.2, 0.25) is 0 Å². The lowest BCUT2D eigenvalue weighted by atomic mass is 10.0. The van der Waals surface area contributed by atoms with Crippen molar-refractivity contribution in [2.24, 2.45) is 0 Å². The zero-order valence-electron chi connectivity index (χ0n) is 12.7. The van der Waals surface area contributed by atoms with Gasteiger partial charge in [-0.1, -0.05) is 42.5 Å². The number of benzene rings is 2. The molecule has 6 nitrogen and oxygen atoms in total. The van der Waals surface area contributed by atoms with Gasteiger partial charge in [-0.05, 0) is 23.6 Å². The minimum atomic E-state index is -1.44. The number of rotatable bonds is 5. The first-order chi connectivity index (χ1) is 11.5. The molecule has 0 fully saturated rings. The lowest BCUT2D eigenvalue weighted by Crippen LogP contribution is -2.06. The normalized spacial score (nSPS) is 10.7. The summed E-state index contributed by atoms with van der Waals surface area (Å²) in [5, 5.41) is 18.5. The second-order valence-corrected chi connectivity index (χ2v) is 5.32.